The Morgan fingerprint density at radius 3 is 2.81 bits per heavy atom. The summed E-state index contributed by atoms with van der Waals surface area (Å²) < 4.78 is 1.67. The van der Waals surface area contributed by atoms with Crippen LogP contribution < -0.4 is 10.9 Å². The Morgan fingerprint density at radius 2 is 2.08 bits per heavy atom. The van der Waals surface area contributed by atoms with Crippen LogP contribution in [0.5, 0.6) is 0 Å². The van der Waals surface area contributed by atoms with Gasteiger partial charge < -0.3 is 5.32 Å². The summed E-state index contributed by atoms with van der Waals surface area (Å²) in [5.74, 6) is 0. The van der Waals surface area contributed by atoms with E-state index in [4.69, 9.17) is 0 Å². The second-order valence-corrected chi connectivity index (χ2v) is 7.33. The standard InChI is InChI=1S/C19H21N5OS/c25-19-8-7-18(14-2-1-9-20-10-14)23-24(19)17-5-3-15(4-6-17)21-11-16-12-26-13-22-16/h1-2,7-10,12-13,15,17,21H,3-6,11H2. The minimum absolute atomic E-state index is 0.0310. The molecule has 0 atom stereocenters. The molecule has 0 bridgehead atoms. The topological polar surface area (TPSA) is 72.7 Å². The van der Waals surface area contributed by atoms with Gasteiger partial charge in [-0.3, -0.25) is 9.78 Å². The summed E-state index contributed by atoms with van der Waals surface area (Å²) in [6.45, 7) is 0.813. The summed E-state index contributed by atoms with van der Waals surface area (Å²) in [7, 11) is 0. The molecule has 1 fully saturated rings. The van der Waals surface area contributed by atoms with Crippen molar-refractivity contribution in [2.24, 2.45) is 0 Å². The Labute approximate surface area is 156 Å². The predicted octanol–water partition coefficient (Wildman–Crippen LogP) is 3.04. The van der Waals surface area contributed by atoms with Crippen molar-refractivity contribution in [1.82, 2.24) is 25.1 Å². The van der Waals surface area contributed by atoms with Crippen molar-refractivity contribution in [3.63, 3.8) is 0 Å². The predicted molar refractivity (Wildman–Crippen MR) is 102 cm³/mol. The fourth-order valence-corrected chi connectivity index (χ4v) is 4.01. The van der Waals surface area contributed by atoms with Gasteiger partial charge in [0.05, 0.1) is 22.9 Å². The van der Waals surface area contributed by atoms with Crippen LogP contribution in [0.2, 0.25) is 0 Å². The number of pyridine rings is 1. The van der Waals surface area contributed by atoms with E-state index in [2.05, 4.69) is 25.8 Å². The first kappa shape index (κ1) is 17.1. The third-order valence-corrected chi connectivity index (χ3v) is 5.52. The highest BCUT2D eigenvalue weighted by Gasteiger charge is 2.23. The summed E-state index contributed by atoms with van der Waals surface area (Å²) in [5.41, 5.74) is 4.65. The molecular weight excluding hydrogens is 346 g/mol. The van der Waals surface area contributed by atoms with Crippen LogP contribution in [0.3, 0.4) is 0 Å². The van der Waals surface area contributed by atoms with E-state index in [1.165, 1.54) is 0 Å². The smallest absolute Gasteiger partial charge is 0.267 e. The van der Waals surface area contributed by atoms with Crippen LogP contribution in [0.1, 0.15) is 37.4 Å². The molecule has 3 heterocycles. The van der Waals surface area contributed by atoms with Gasteiger partial charge in [0, 0.05) is 42.0 Å². The molecule has 4 rings (SSSR count). The fraction of sp³-hybridized carbons (Fsp3) is 0.368. The van der Waals surface area contributed by atoms with E-state index in [0.717, 1.165) is 49.2 Å². The highest BCUT2D eigenvalue weighted by atomic mass is 32.1. The second kappa shape index (κ2) is 7.88. The van der Waals surface area contributed by atoms with Crippen molar-refractivity contribution in [3.8, 4) is 11.3 Å². The van der Waals surface area contributed by atoms with E-state index in [9.17, 15) is 4.79 Å². The van der Waals surface area contributed by atoms with Crippen LogP contribution in [0.25, 0.3) is 11.3 Å². The van der Waals surface area contributed by atoms with Crippen molar-refractivity contribution in [2.45, 2.75) is 44.3 Å². The fourth-order valence-electron chi connectivity index (χ4n) is 3.45. The number of hydrogen-bond donors (Lipinski definition) is 1. The van der Waals surface area contributed by atoms with Gasteiger partial charge in [0.2, 0.25) is 0 Å². The second-order valence-electron chi connectivity index (χ2n) is 6.61. The van der Waals surface area contributed by atoms with E-state index < -0.39 is 0 Å². The summed E-state index contributed by atoms with van der Waals surface area (Å²) >= 11 is 1.62. The van der Waals surface area contributed by atoms with E-state index in [1.807, 2.05) is 17.6 Å². The molecule has 0 unspecified atom stereocenters. The molecule has 7 heteroatoms. The van der Waals surface area contributed by atoms with E-state index in [-0.39, 0.29) is 11.6 Å². The Hall–Kier alpha value is -2.38. The summed E-state index contributed by atoms with van der Waals surface area (Å²) in [6.07, 6.45) is 7.51. The molecule has 0 aromatic carbocycles. The third kappa shape index (κ3) is 3.89. The molecule has 1 aliphatic rings. The summed E-state index contributed by atoms with van der Waals surface area (Å²) in [4.78, 5) is 20.8. The third-order valence-electron chi connectivity index (χ3n) is 4.88. The van der Waals surface area contributed by atoms with Crippen molar-refractivity contribution < 1.29 is 0 Å². The average Bonchev–Trinajstić information content (AvgIpc) is 3.22. The maximum atomic E-state index is 12.3. The number of rotatable bonds is 5. The number of nitrogens with one attached hydrogen (secondary N) is 1. The molecule has 6 nitrogen and oxygen atoms in total. The zero-order valence-electron chi connectivity index (χ0n) is 14.4. The Bertz CT molecular complexity index is 886. The molecular formula is C19H21N5OS. The van der Waals surface area contributed by atoms with Gasteiger partial charge in [-0.15, -0.1) is 11.3 Å². The highest BCUT2D eigenvalue weighted by Crippen LogP contribution is 2.27. The van der Waals surface area contributed by atoms with Crippen LogP contribution in [-0.2, 0) is 6.54 Å². The first-order valence-electron chi connectivity index (χ1n) is 8.90. The van der Waals surface area contributed by atoms with Crippen LogP contribution in [0.4, 0.5) is 0 Å². The lowest BCUT2D eigenvalue weighted by Crippen LogP contribution is -2.36. The minimum Gasteiger partial charge on any atom is -0.308 e. The van der Waals surface area contributed by atoms with E-state index in [0.29, 0.717) is 6.04 Å². The quantitative estimate of drug-likeness (QED) is 0.750. The first-order valence-corrected chi connectivity index (χ1v) is 9.84. The van der Waals surface area contributed by atoms with E-state index in [1.54, 1.807) is 40.5 Å². The zero-order chi connectivity index (χ0) is 17.8. The molecule has 3 aromatic heterocycles. The van der Waals surface area contributed by atoms with Crippen LogP contribution in [-0.4, -0.2) is 25.8 Å². The van der Waals surface area contributed by atoms with Crippen LogP contribution in [0, 0.1) is 0 Å². The van der Waals surface area contributed by atoms with Gasteiger partial charge in [0.15, 0.2) is 0 Å². The lowest BCUT2D eigenvalue weighted by atomic mass is 9.91. The Kier molecular flexibility index (Phi) is 5.17. The van der Waals surface area contributed by atoms with Crippen LogP contribution >= 0.6 is 11.3 Å². The number of thiazole rings is 1. The molecule has 1 saturated carbocycles. The molecule has 26 heavy (non-hydrogen) atoms. The monoisotopic (exact) mass is 367 g/mol. The lowest BCUT2D eigenvalue weighted by Gasteiger charge is -2.29. The van der Waals surface area contributed by atoms with Gasteiger partial charge in [-0.2, -0.15) is 5.10 Å². The SMILES string of the molecule is O=c1ccc(-c2cccnc2)nn1C1CCC(NCc2cscn2)CC1. The molecule has 0 amide bonds. The molecule has 1 aliphatic carbocycles. The lowest BCUT2D eigenvalue weighted by molar-refractivity contribution is 0.269. The van der Waals surface area contributed by atoms with Crippen molar-refractivity contribution >= 4 is 11.3 Å². The molecule has 3 aromatic rings. The van der Waals surface area contributed by atoms with E-state index >= 15 is 0 Å². The van der Waals surface area contributed by atoms with Gasteiger partial charge >= 0.3 is 0 Å². The Morgan fingerprint density at radius 1 is 1.19 bits per heavy atom. The van der Waals surface area contributed by atoms with Gasteiger partial charge in [-0.1, -0.05) is 0 Å². The number of aromatic nitrogens is 4. The van der Waals surface area contributed by atoms with Gasteiger partial charge in [0.1, 0.15) is 0 Å². The molecule has 134 valence electrons. The van der Waals surface area contributed by atoms with Crippen molar-refractivity contribution in [1.29, 1.82) is 0 Å². The summed E-state index contributed by atoms with van der Waals surface area (Å²) in [5, 5.41) is 10.3. The maximum absolute atomic E-state index is 12.3. The highest BCUT2D eigenvalue weighted by molar-refractivity contribution is 7.07. The number of hydrogen-bond acceptors (Lipinski definition) is 6. The molecule has 0 saturated heterocycles. The first-order chi connectivity index (χ1) is 12.8. The normalized spacial score (nSPS) is 20.2. The van der Waals surface area contributed by atoms with Gasteiger partial charge in [-0.05, 0) is 43.9 Å². The van der Waals surface area contributed by atoms with Crippen LogP contribution in [0.15, 0.2) is 52.3 Å². The van der Waals surface area contributed by atoms with Crippen molar-refractivity contribution in [3.05, 3.63) is 63.6 Å². The Balaban J connectivity index is 1.41. The largest absolute Gasteiger partial charge is 0.308 e. The number of nitrogens with zero attached hydrogens (tertiary/aromatic N) is 4. The minimum atomic E-state index is -0.0310. The van der Waals surface area contributed by atoms with Gasteiger partial charge in [-0.25, -0.2) is 9.67 Å². The molecule has 1 N–H and O–H groups in total. The van der Waals surface area contributed by atoms with Crippen molar-refractivity contribution in [2.75, 3.05) is 0 Å². The molecule has 0 aliphatic heterocycles. The summed E-state index contributed by atoms with van der Waals surface area (Å²) in [6, 6.07) is 7.87. The maximum Gasteiger partial charge on any atom is 0.267 e. The van der Waals surface area contributed by atoms with Gasteiger partial charge in [0.25, 0.3) is 5.56 Å². The molecule has 0 spiro atoms. The molecule has 0 radical (unpaired) electrons. The zero-order valence-corrected chi connectivity index (χ0v) is 15.2. The average molecular weight is 367 g/mol.